The standard InChI is InChI=1S/C12H11BrO4/c1-15-7-16-10-3-2-4-11-8(10)5-12(17-11)9(13)6-14/h2-6,9H,7H2,1H3. The Morgan fingerprint density at radius 3 is 3.06 bits per heavy atom. The van der Waals surface area contributed by atoms with E-state index in [2.05, 4.69) is 15.9 Å². The first-order chi connectivity index (χ1) is 8.26. The van der Waals surface area contributed by atoms with Crippen LogP contribution in [0, 0.1) is 0 Å². The van der Waals surface area contributed by atoms with Gasteiger partial charge in [-0.25, -0.2) is 0 Å². The van der Waals surface area contributed by atoms with Crippen LogP contribution in [0.25, 0.3) is 11.0 Å². The van der Waals surface area contributed by atoms with Crippen LogP contribution < -0.4 is 4.74 Å². The smallest absolute Gasteiger partial charge is 0.188 e. The number of carbonyl (C=O) groups is 1. The molecule has 1 heterocycles. The van der Waals surface area contributed by atoms with Crippen molar-refractivity contribution in [1.29, 1.82) is 0 Å². The van der Waals surface area contributed by atoms with Gasteiger partial charge in [0.1, 0.15) is 28.2 Å². The Morgan fingerprint density at radius 1 is 1.53 bits per heavy atom. The SMILES string of the molecule is COCOc1cccc2oc(C(Br)C=O)cc12. The lowest BCUT2D eigenvalue weighted by Crippen LogP contribution is -1.98. The summed E-state index contributed by atoms with van der Waals surface area (Å²) in [6.07, 6.45) is 0.771. The van der Waals surface area contributed by atoms with Crippen molar-refractivity contribution in [3.05, 3.63) is 30.0 Å². The Balaban J connectivity index is 2.41. The molecule has 0 saturated heterocycles. The molecule has 1 aromatic carbocycles. The third-order valence-electron chi connectivity index (χ3n) is 2.26. The van der Waals surface area contributed by atoms with Crippen molar-refractivity contribution in [1.82, 2.24) is 0 Å². The lowest BCUT2D eigenvalue weighted by Gasteiger charge is -2.04. The highest BCUT2D eigenvalue weighted by Gasteiger charge is 2.14. The first-order valence-corrected chi connectivity index (χ1v) is 5.91. The lowest BCUT2D eigenvalue weighted by molar-refractivity contribution is -0.107. The molecule has 2 aromatic rings. The highest BCUT2D eigenvalue weighted by Crippen LogP contribution is 2.33. The van der Waals surface area contributed by atoms with Crippen LogP contribution in [0.3, 0.4) is 0 Å². The van der Waals surface area contributed by atoms with Crippen molar-refractivity contribution in [2.24, 2.45) is 0 Å². The summed E-state index contributed by atoms with van der Waals surface area (Å²) in [6, 6.07) is 7.26. The fourth-order valence-electron chi connectivity index (χ4n) is 1.51. The number of alkyl halides is 1. The molecule has 0 radical (unpaired) electrons. The molecule has 0 aliphatic heterocycles. The monoisotopic (exact) mass is 298 g/mol. The van der Waals surface area contributed by atoms with Crippen molar-refractivity contribution >= 4 is 33.2 Å². The van der Waals surface area contributed by atoms with Gasteiger partial charge in [-0.2, -0.15) is 0 Å². The quantitative estimate of drug-likeness (QED) is 0.484. The van der Waals surface area contributed by atoms with Crippen LogP contribution in [0.5, 0.6) is 5.75 Å². The third kappa shape index (κ3) is 2.50. The summed E-state index contributed by atoms with van der Waals surface area (Å²) in [5.74, 6) is 1.23. The van der Waals surface area contributed by atoms with Crippen LogP contribution in [-0.4, -0.2) is 20.2 Å². The Hall–Kier alpha value is -1.33. The average Bonchev–Trinajstić information content (AvgIpc) is 2.79. The van der Waals surface area contributed by atoms with Gasteiger partial charge in [-0.05, 0) is 18.2 Å². The molecule has 0 saturated carbocycles. The molecule has 0 aliphatic rings. The molecule has 0 spiro atoms. The van der Waals surface area contributed by atoms with Gasteiger partial charge in [-0.3, -0.25) is 0 Å². The summed E-state index contributed by atoms with van der Waals surface area (Å²) in [7, 11) is 1.56. The Labute approximate surface area is 107 Å². The van der Waals surface area contributed by atoms with Gasteiger partial charge in [0.05, 0.1) is 5.39 Å². The minimum absolute atomic E-state index is 0.172. The van der Waals surface area contributed by atoms with Crippen molar-refractivity contribution in [2.75, 3.05) is 13.9 Å². The predicted octanol–water partition coefficient (Wildman–Crippen LogP) is 3.05. The maximum Gasteiger partial charge on any atom is 0.188 e. The number of benzene rings is 1. The van der Waals surface area contributed by atoms with Crippen LogP contribution in [0.15, 0.2) is 28.7 Å². The molecule has 0 bridgehead atoms. The van der Waals surface area contributed by atoms with Gasteiger partial charge in [0, 0.05) is 7.11 Å². The van der Waals surface area contributed by atoms with Crippen LogP contribution >= 0.6 is 15.9 Å². The Morgan fingerprint density at radius 2 is 2.35 bits per heavy atom. The second-order valence-electron chi connectivity index (χ2n) is 3.41. The van der Waals surface area contributed by atoms with E-state index in [9.17, 15) is 4.79 Å². The van der Waals surface area contributed by atoms with E-state index in [1.54, 1.807) is 13.2 Å². The molecule has 1 unspecified atom stereocenters. The van der Waals surface area contributed by atoms with E-state index in [1.807, 2.05) is 18.2 Å². The number of furan rings is 1. The van der Waals surface area contributed by atoms with E-state index in [1.165, 1.54) is 0 Å². The molecule has 1 aromatic heterocycles. The van der Waals surface area contributed by atoms with Crippen LogP contribution in [-0.2, 0) is 9.53 Å². The van der Waals surface area contributed by atoms with Gasteiger partial charge in [-0.15, -0.1) is 0 Å². The minimum Gasteiger partial charge on any atom is -0.467 e. The van der Waals surface area contributed by atoms with Crippen LogP contribution in [0.1, 0.15) is 10.6 Å². The number of hydrogen-bond acceptors (Lipinski definition) is 4. The van der Waals surface area contributed by atoms with Crippen molar-refractivity contribution in [2.45, 2.75) is 4.83 Å². The average molecular weight is 299 g/mol. The zero-order valence-corrected chi connectivity index (χ0v) is 10.8. The fourth-order valence-corrected chi connectivity index (χ4v) is 1.73. The van der Waals surface area contributed by atoms with E-state index >= 15 is 0 Å². The van der Waals surface area contributed by atoms with Gasteiger partial charge in [0.25, 0.3) is 0 Å². The van der Waals surface area contributed by atoms with E-state index in [-0.39, 0.29) is 6.79 Å². The number of aldehydes is 1. The van der Waals surface area contributed by atoms with Crippen molar-refractivity contribution in [3.8, 4) is 5.75 Å². The summed E-state index contributed by atoms with van der Waals surface area (Å²) < 4.78 is 15.8. The Bertz CT molecular complexity index is 520. The second-order valence-corrected chi connectivity index (χ2v) is 4.39. The van der Waals surface area contributed by atoms with E-state index in [4.69, 9.17) is 13.9 Å². The summed E-state index contributed by atoms with van der Waals surface area (Å²) in [4.78, 5) is 10.2. The third-order valence-corrected chi connectivity index (χ3v) is 2.93. The second kappa shape index (κ2) is 5.33. The number of hydrogen-bond donors (Lipinski definition) is 0. The number of halogens is 1. The lowest BCUT2D eigenvalue weighted by atomic mass is 10.2. The van der Waals surface area contributed by atoms with Gasteiger partial charge < -0.3 is 18.7 Å². The molecule has 0 amide bonds. The normalized spacial score (nSPS) is 12.6. The minimum atomic E-state index is -0.440. The number of rotatable bonds is 5. The number of carbonyl (C=O) groups excluding carboxylic acids is 1. The van der Waals surface area contributed by atoms with Crippen molar-refractivity contribution < 1.29 is 18.7 Å². The first kappa shape index (κ1) is 12.1. The Kier molecular flexibility index (Phi) is 3.81. The van der Waals surface area contributed by atoms with E-state index in [0.29, 0.717) is 17.1 Å². The van der Waals surface area contributed by atoms with Gasteiger partial charge in [-0.1, -0.05) is 22.0 Å². The number of ether oxygens (including phenoxy) is 2. The van der Waals surface area contributed by atoms with E-state index in [0.717, 1.165) is 11.7 Å². The fraction of sp³-hybridized carbons (Fsp3) is 0.250. The molecular formula is C12H11BrO4. The molecule has 1 atom stereocenters. The highest BCUT2D eigenvalue weighted by molar-refractivity contribution is 9.09. The summed E-state index contributed by atoms with van der Waals surface area (Å²) in [5.41, 5.74) is 0.680. The highest BCUT2D eigenvalue weighted by atomic mass is 79.9. The summed E-state index contributed by atoms with van der Waals surface area (Å²) >= 11 is 3.21. The van der Waals surface area contributed by atoms with Gasteiger partial charge in [0.2, 0.25) is 0 Å². The maximum absolute atomic E-state index is 10.7. The maximum atomic E-state index is 10.7. The van der Waals surface area contributed by atoms with E-state index < -0.39 is 4.83 Å². The summed E-state index contributed by atoms with van der Waals surface area (Å²) in [6.45, 7) is 0.172. The predicted molar refractivity (Wildman–Crippen MR) is 66.5 cm³/mol. The molecule has 5 heteroatoms. The molecule has 0 aliphatic carbocycles. The molecule has 2 rings (SSSR count). The van der Waals surface area contributed by atoms with Crippen LogP contribution in [0.4, 0.5) is 0 Å². The molecule has 90 valence electrons. The zero-order chi connectivity index (χ0) is 12.3. The van der Waals surface area contributed by atoms with Crippen LogP contribution in [0.2, 0.25) is 0 Å². The molecule has 17 heavy (non-hydrogen) atoms. The molecule has 4 nitrogen and oxygen atoms in total. The summed E-state index contributed by atoms with van der Waals surface area (Å²) in [5, 5.41) is 0.825. The number of methoxy groups -OCH3 is 1. The van der Waals surface area contributed by atoms with Gasteiger partial charge >= 0.3 is 0 Å². The zero-order valence-electron chi connectivity index (χ0n) is 9.18. The largest absolute Gasteiger partial charge is 0.467 e. The molecule has 0 fully saturated rings. The van der Waals surface area contributed by atoms with Gasteiger partial charge in [0.15, 0.2) is 6.79 Å². The topological polar surface area (TPSA) is 48.7 Å². The molecular weight excluding hydrogens is 288 g/mol. The molecule has 0 N–H and O–H groups in total. The van der Waals surface area contributed by atoms with Crippen molar-refractivity contribution in [3.63, 3.8) is 0 Å². The first-order valence-electron chi connectivity index (χ1n) is 5.00. The number of fused-ring (bicyclic) bond motifs is 1.